The third kappa shape index (κ3) is 4.28. The number of alkyl halides is 3. The number of benzene rings is 2. The van der Waals surface area contributed by atoms with Crippen LogP contribution in [0.4, 0.5) is 27.6 Å². The van der Waals surface area contributed by atoms with Crippen LogP contribution in [0.25, 0.3) is 0 Å². The van der Waals surface area contributed by atoms with Gasteiger partial charge in [-0.2, -0.15) is 13.2 Å². The van der Waals surface area contributed by atoms with Crippen LogP contribution in [0.1, 0.15) is 11.1 Å². The molecule has 0 aliphatic rings. The molecule has 2 aromatic carbocycles. The molecule has 2 aromatic rings. The summed E-state index contributed by atoms with van der Waals surface area (Å²) in [6, 6.07) is 6.62. The van der Waals surface area contributed by atoms with Gasteiger partial charge < -0.3 is 5.32 Å². The van der Waals surface area contributed by atoms with Gasteiger partial charge in [0.15, 0.2) is 0 Å². The van der Waals surface area contributed by atoms with Crippen molar-refractivity contribution < 1.29 is 26.7 Å². The van der Waals surface area contributed by atoms with Gasteiger partial charge in [0, 0.05) is 11.8 Å². The fourth-order valence-electron chi connectivity index (χ4n) is 1.83. The van der Waals surface area contributed by atoms with Crippen LogP contribution in [0.5, 0.6) is 0 Å². The fourth-order valence-corrected chi connectivity index (χ4v) is 1.83. The van der Waals surface area contributed by atoms with Gasteiger partial charge in [-0.05, 0) is 29.8 Å². The minimum Gasteiger partial charge on any atom is -0.326 e. The van der Waals surface area contributed by atoms with E-state index in [4.69, 9.17) is 0 Å². The Morgan fingerprint density at radius 1 is 0.955 bits per heavy atom. The van der Waals surface area contributed by atoms with E-state index in [-0.39, 0.29) is 12.1 Å². The summed E-state index contributed by atoms with van der Waals surface area (Å²) in [6.07, 6.45) is -4.66. The van der Waals surface area contributed by atoms with E-state index in [1.54, 1.807) is 0 Å². The van der Waals surface area contributed by atoms with Crippen molar-refractivity contribution >= 4 is 11.6 Å². The largest absolute Gasteiger partial charge is 0.416 e. The number of anilines is 1. The maximum absolute atomic E-state index is 13.0. The molecule has 1 amide bonds. The summed E-state index contributed by atoms with van der Waals surface area (Å²) in [6.45, 7) is 0. The van der Waals surface area contributed by atoms with Gasteiger partial charge in [-0.25, -0.2) is 8.78 Å². The molecule has 1 N–H and O–H groups in total. The lowest BCUT2D eigenvalue weighted by atomic mass is 10.1. The van der Waals surface area contributed by atoms with E-state index in [9.17, 15) is 26.7 Å². The van der Waals surface area contributed by atoms with E-state index in [1.165, 1.54) is 12.1 Å². The molecule has 0 atom stereocenters. The molecule has 0 radical (unpaired) electrons. The van der Waals surface area contributed by atoms with Gasteiger partial charge in [0.1, 0.15) is 11.6 Å². The molecular weight excluding hydrogens is 305 g/mol. The number of rotatable bonds is 3. The van der Waals surface area contributed by atoms with E-state index < -0.39 is 29.3 Å². The Morgan fingerprint density at radius 3 is 2.00 bits per heavy atom. The summed E-state index contributed by atoms with van der Waals surface area (Å²) in [5, 5.41) is 2.28. The van der Waals surface area contributed by atoms with Crippen LogP contribution >= 0.6 is 0 Å². The molecule has 0 unspecified atom stereocenters. The summed E-state index contributed by atoms with van der Waals surface area (Å²) < 4.78 is 63.1. The minimum atomic E-state index is -4.44. The van der Waals surface area contributed by atoms with E-state index in [0.29, 0.717) is 11.6 Å². The molecule has 0 bridgehead atoms. The number of hydrogen-bond acceptors (Lipinski definition) is 1. The van der Waals surface area contributed by atoms with Crippen LogP contribution in [0.15, 0.2) is 42.5 Å². The van der Waals surface area contributed by atoms with Crippen LogP contribution in [0.2, 0.25) is 0 Å². The maximum Gasteiger partial charge on any atom is 0.416 e. The van der Waals surface area contributed by atoms with Gasteiger partial charge in [-0.15, -0.1) is 0 Å². The smallest absolute Gasteiger partial charge is 0.326 e. The van der Waals surface area contributed by atoms with Crippen LogP contribution in [0.3, 0.4) is 0 Å². The average Bonchev–Trinajstić information content (AvgIpc) is 2.36. The molecule has 0 aromatic heterocycles. The van der Waals surface area contributed by atoms with E-state index >= 15 is 0 Å². The number of carbonyl (C=O) groups is 1. The molecule has 2 nitrogen and oxygen atoms in total. The molecular formula is C15H10F5NO. The molecule has 116 valence electrons. The zero-order valence-electron chi connectivity index (χ0n) is 11.0. The monoisotopic (exact) mass is 315 g/mol. The highest BCUT2D eigenvalue weighted by molar-refractivity contribution is 5.92. The van der Waals surface area contributed by atoms with Crippen LogP contribution in [-0.2, 0) is 17.4 Å². The van der Waals surface area contributed by atoms with Crippen LogP contribution < -0.4 is 5.32 Å². The molecule has 7 heteroatoms. The molecule has 0 aliphatic carbocycles. The molecule has 0 aliphatic heterocycles. The molecule has 0 heterocycles. The Balaban J connectivity index is 2.03. The van der Waals surface area contributed by atoms with E-state index in [0.717, 1.165) is 24.3 Å². The van der Waals surface area contributed by atoms with Gasteiger partial charge in [0.2, 0.25) is 5.91 Å². The topological polar surface area (TPSA) is 29.1 Å². The third-order valence-corrected chi connectivity index (χ3v) is 2.79. The first-order valence-corrected chi connectivity index (χ1v) is 6.16. The van der Waals surface area contributed by atoms with Crippen molar-refractivity contribution in [2.75, 3.05) is 5.32 Å². The maximum atomic E-state index is 13.0. The Kier molecular flexibility index (Phi) is 4.44. The Morgan fingerprint density at radius 2 is 1.50 bits per heavy atom. The Labute approximate surface area is 122 Å². The van der Waals surface area contributed by atoms with Gasteiger partial charge >= 0.3 is 6.18 Å². The number of nitrogens with one attached hydrogen (secondary N) is 1. The predicted molar refractivity (Wildman–Crippen MR) is 70.1 cm³/mol. The average molecular weight is 315 g/mol. The molecule has 2 rings (SSSR count). The van der Waals surface area contributed by atoms with Gasteiger partial charge in [-0.1, -0.05) is 12.1 Å². The number of halogens is 5. The summed E-state index contributed by atoms with van der Waals surface area (Å²) in [4.78, 5) is 11.7. The summed E-state index contributed by atoms with van der Waals surface area (Å²) in [5.74, 6) is -2.28. The first kappa shape index (κ1) is 15.9. The van der Waals surface area contributed by atoms with Crippen LogP contribution in [-0.4, -0.2) is 5.91 Å². The van der Waals surface area contributed by atoms with Crippen molar-refractivity contribution in [1.82, 2.24) is 0 Å². The fraction of sp³-hybridized carbons (Fsp3) is 0.133. The van der Waals surface area contributed by atoms with E-state index in [2.05, 4.69) is 5.32 Å². The van der Waals surface area contributed by atoms with Gasteiger partial charge in [0.05, 0.1) is 12.0 Å². The van der Waals surface area contributed by atoms with Crippen molar-refractivity contribution in [3.05, 3.63) is 65.2 Å². The SMILES string of the molecule is O=C(Cc1ccc(C(F)(F)F)cc1)Nc1cc(F)cc(F)c1. The van der Waals surface area contributed by atoms with Crippen molar-refractivity contribution in [3.8, 4) is 0 Å². The van der Waals surface area contributed by atoms with Crippen molar-refractivity contribution in [3.63, 3.8) is 0 Å². The Bertz CT molecular complexity index is 659. The highest BCUT2D eigenvalue weighted by Gasteiger charge is 2.29. The lowest BCUT2D eigenvalue weighted by Gasteiger charge is -2.08. The van der Waals surface area contributed by atoms with Crippen molar-refractivity contribution in [1.29, 1.82) is 0 Å². The second-order valence-corrected chi connectivity index (χ2v) is 4.58. The predicted octanol–water partition coefficient (Wildman–Crippen LogP) is 4.16. The molecule has 0 fully saturated rings. The molecule has 0 saturated carbocycles. The lowest BCUT2D eigenvalue weighted by Crippen LogP contribution is -2.15. The zero-order valence-corrected chi connectivity index (χ0v) is 11.0. The normalized spacial score (nSPS) is 11.3. The van der Waals surface area contributed by atoms with Gasteiger partial charge in [0.25, 0.3) is 0 Å². The van der Waals surface area contributed by atoms with Crippen LogP contribution in [0, 0.1) is 11.6 Å². The standard InChI is InChI=1S/C15H10F5NO/c16-11-6-12(17)8-13(7-11)21-14(22)5-9-1-3-10(4-2-9)15(18,19)20/h1-4,6-8H,5H2,(H,21,22). The highest BCUT2D eigenvalue weighted by atomic mass is 19.4. The minimum absolute atomic E-state index is 0.0607. The third-order valence-electron chi connectivity index (χ3n) is 2.79. The summed E-state index contributed by atoms with van der Waals surface area (Å²) in [5.41, 5.74) is -0.527. The summed E-state index contributed by atoms with van der Waals surface area (Å²) in [7, 11) is 0. The quantitative estimate of drug-likeness (QED) is 0.847. The number of hydrogen-bond donors (Lipinski definition) is 1. The van der Waals surface area contributed by atoms with E-state index in [1.807, 2.05) is 0 Å². The lowest BCUT2D eigenvalue weighted by molar-refractivity contribution is -0.137. The Hall–Kier alpha value is -2.44. The van der Waals surface area contributed by atoms with Gasteiger partial charge in [-0.3, -0.25) is 4.79 Å². The molecule has 0 saturated heterocycles. The van der Waals surface area contributed by atoms with Crippen molar-refractivity contribution in [2.24, 2.45) is 0 Å². The van der Waals surface area contributed by atoms with Crippen molar-refractivity contribution in [2.45, 2.75) is 12.6 Å². The highest BCUT2D eigenvalue weighted by Crippen LogP contribution is 2.29. The number of amides is 1. The molecule has 22 heavy (non-hydrogen) atoms. The second-order valence-electron chi connectivity index (χ2n) is 4.58. The number of carbonyl (C=O) groups excluding carboxylic acids is 1. The zero-order chi connectivity index (χ0) is 16.3. The first-order valence-electron chi connectivity index (χ1n) is 6.16. The summed E-state index contributed by atoms with van der Waals surface area (Å²) >= 11 is 0. The molecule has 0 spiro atoms. The first-order chi connectivity index (χ1) is 10.2. The second kappa shape index (κ2) is 6.13.